The molecule has 1 saturated carbocycles. The third kappa shape index (κ3) is 4.70. The van der Waals surface area contributed by atoms with Crippen LogP contribution in [0.25, 0.3) is 0 Å². The third-order valence-electron chi connectivity index (χ3n) is 5.22. The van der Waals surface area contributed by atoms with E-state index in [0.717, 1.165) is 25.0 Å². The number of alkyl halides is 3. The predicted octanol–water partition coefficient (Wildman–Crippen LogP) is 1.22. The summed E-state index contributed by atoms with van der Waals surface area (Å²) in [6.07, 6.45) is -2.01. The Morgan fingerprint density at radius 2 is 2.03 bits per heavy atom. The topological polar surface area (TPSA) is 127 Å². The lowest BCUT2D eigenvalue weighted by Gasteiger charge is -2.18. The maximum atomic E-state index is 12.6. The highest BCUT2D eigenvalue weighted by Crippen LogP contribution is 2.46. The number of aromatic amines is 1. The summed E-state index contributed by atoms with van der Waals surface area (Å²) >= 11 is 0. The average molecular weight is 411 g/mol. The van der Waals surface area contributed by atoms with E-state index in [4.69, 9.17) is 0 Å². The van der Waals surface area contributed by atoms with Crippen LogP contribution in [0.4, 0.5) is 13.2 Å². The molecule has 1 saturated heterocycles. The van der Waals surface area contributed by atoms with E-state index in [1.54, 1.807) is 0 Å². The smallest absolute Gasteiger partial charge is 0.350 e. The van der Waals surface area contributed by atoms with Crippen molar-refractivity contribution in [1.82, 2.24) is 20.9 Å². The summed E-state index contributed by atoms with van der Waals surface area (Å²) in [6, 6.07) is 1.61. The summed E-state index contributed by atoms with van der Waals surface area (Å²) in [5.74, 6) is -2.06. The summed E-state index contributed by atoms with van der Waals surface area (Å²) < 4.78 is 37.8. The Kier molecular flexibility index (Phi) is 5.30. The quantitative estimate of drug-likeness (QED) is 0.561. The normalized spacial score (nSPS) is 21.8. The Balaban J connectivity index is 1.52. The molecule has 0 aromatic carbocycles. The highest BCUT2D eigenvalue weighted by Gasteiger charge is 2.52. The van der Waals surface area contributed by atoms with E-state index in [1.807, 2.05) is 11.1 Å². The predicted molar refractivity (Wildman–Crippen MR) is 93.1 cm³/mol. The Morgan fingerprint density at radius 3 is 2.55 bits per heavy atom. The summed E-state index contributed by atoms with van der Waals surface area (Å²) in [6.45, 7) is 1.34. The van der Waals surface area contributed by atoms with Gasteiger partial charge >= 0.3 is 6.18 Å². The second-order valence-electron chi connectivity index (χ2n) is 7.58. The summed E-state index contributed by atoms with van der Waals surface area (Å²) in [5, 5.41) is 16.9. The molecule has 1 spiro atoms. The molecule has 0 bridgehead atoms. The van der Waals surface area contributed by atoms with Gasteiger partial charge in [0.2, 0.25) is 11.8 Å². The zero-order chi connectivity index (χ0) is 21.4. The van der Waals surface area contributed by atoms with Gasteiger partial charge in [0.1, 0.15) is 23.5 Å². The van der Waals surface area contributed by atoms with E-state index in [9.17, 15) is 32.8 Å². The van der Waals surface area contributed by atoms with E-state index >= 15 is 0 Å². The van der Waals surface area contributed by atoms with Crippen LogP contribution in [0.1, 0.15) is 48.8 Å². The van der Waals surface area contributed by atoms with Gasteiger partial charge in [-0.05, 0) is 44.7 Å². The molecule has 3 rings (SSSR count). The first kappa shape index (κ1) is 20.7. The molecule has 1 aromatic rings. The zero-order valence-electron chi connectivity index (χ0n) is 15.5. The van der Waals surface area contributed by atoms with Gasteiger partial charge in [-0.1, -0.05) is 0 Å². The van der Waals surface area contributed by atoms with Gasteiger partial charge in [-0.3, -0.25) is 14.4 Å². The van der Waals surface area contributed by atoms with Crippen LogP contribution in [0.15, 0.2) is 12.1 Å². The number of nitrogens with one attached hydrogen (secondary N) is 4. The van der Waals surface area contributed by atoms with E-state index in [2.05, 4.69) is 16.0 Å². The van der Waals surface area contributed by atoms with Gasteiger partial charge in [-0.15, -0.1) is 0 Å². The van der Waals surface area contributed by atoms with Crippen molar-refractivity contribution in [3.8, 4) is 6.07 Å². The number of rotatable bonds is 6. The molecule has 11 heteroatoms. The second kappa shape index (κ2) is 7.42. The SMILES string of the molecule is C[C@H](NC(=O)c1ccc(C(F)(F)F)[nH]1)C(=O)N[C@H](C#N)C[C@@H]1CC2(CC2)NC1=O. The van der Waals surface area contributed by atoms with Crippen LogP contribution in [-0.4, -0.2) is 40.3 Å². The number of nitriles is 1. The molecule has 0 radical (unpaired) electrons. The standard InChI is InChI=1S/C18H20F3N5O3/c1-9(23-16(29)12-2-3-13(25-12)18(19,20)21)14(27)24-11(8-22)6-10-7-17(4-5-17)26-15(10)28/h2-3,9-11,25H,4-7H2,1H3,(H,23,29)(H,24,27)(H,26,28)/t9-,10+,11-/m0/s1. The Morgan fingerprint density at radius 1 is 1.34 bits per heavy atom. The summed E-state index contributed by atoms with van der Waals surface area (Å²) in [5.41, 5.74) is -1.56. The number of aromatic nitrogens is 1. The molecule has 4 N–H and O–H groups in total. The van der Waals surface area contributed by atoms with Crippen LogP contribution in [0.2, 0.25) is 0 Å². The molecular formula is C18H20F3N5O3. The number of H-pyrrole nitrogens is 1. The fourth-order valence-electron chi connectivity index (χ4n) is 3.41. The van der Waals surface area contributed by atoms with Gasteiger partial charge in [0, 0.05) is 11.5 Å². The Hall–Kier alpha value is -3.03. The Bertz CT molecular complexity index is 869. The number of carbonyl (C=O) groups is 3. The zero-order valence-corrected chi connectivity index (χ0v) is 15.5. The van der Waals surface area contributed by atoms with Gasteiger partial charge in [0.05, 0.1) is 6.07 Å². The lowest BCUT2D eigenvalue weighted by atomic mass is 9.96. The number of halogens is 3. The number of amides is 3. The number of nitrogens with zero attached hydrogens (tertiary/aromatic N) is 1. The van der Waals surface area contributed by atoms with Crippen molar-refractivity contribution in [2.24, 2.45) is 5.92 Å². The van der Waals surface area contributed by atoms with Gasteiger partial charge in [0.25, 0.3) is 5.91 Å². The van der Waals surface area contributed by atoms with Crippen LogP contribution in [0.3, 0.4) is 0 Å². The first-order valence-corrected chi connectivity index (χ1v) is 9.12. The van der Waals surface area contributed by atoms with Gasteiger partial charge < -0.3 is 20.9 Å². The minimum Gasteiger partial charge on any atom is -0.350 e. The molecule has 2 heterocycles. The highest BCUT2D eigenvalue weighted by atomic mass is 19.4. The van der Waals surface area contributed by atoms with E-state index in [-0.39, 0.29) is 29.5 Å². The Labute approximate surface area is 164 Å². The largest absolute Gasteiger partial charge is 0.431 e. The van der Waals surface area contributed by atoms with Crippen molar-refractivity contribution in [3.63, 3.8) is 0 Å². The molecule has 1 aromatic heterocycles. The number of carbonyl (C=O) groups excluding carboxylic acids is 3. The van der Waals surface area contributed by atoms with Gasteiger partial charge in [-0.2, -0.15) is 18.4 Å². The number of hydrogen-bond acceptors (Lipinski definition) is 4. The molecule has 2 aliphatic rings. The molecule has 8 nitrogen and oxygen atoms in total. The summed E-state index contributed by atoms with van der Waals surface area (Å²) in [4.78, 5) is 38.3. The molecule has 3 atom stereocenters. The van der Waals surface area contributed by atoms with Crippen LogP contribution in [0, 0.1) is 17.2 Å². The summed E-state index contributed by atoms with van der Waals surface area (Å²) in [7, 11) is 0. The maximum absolute atomic E-state index is 12.6. The van der Waals surface area contributed by atoms with Crippen LogP contribution in [-0.2, 0) is 15.8 Å². The monoisotopic (exact) mass is 411 g/mol. The van der Waals surface area contributed by atoms with E-state index < -0.39 is 35.8 Å². The van der Waals surface area contributed by atoms with Crippen LogP contribution in [0.5, 0.6) is 0 Å². The third-order valence-corrected chi connectivity index (χ3v) is 5.22. The van der Waals surface area contributed by atoms with Crippen molar-refractivity contribution in [1.29, 1.82) is 5.26 Å². The van der Waals surface area contributed by atoms with Crippen molar-refractivity contribution >= 4 is 17.7 Å². The van der Waals surface area contributed by atoms with Crippen molar-refractivity contribution in [3.05, 3.63) is 23.5 Å². The fraction of sp³-hybridized carbons (Fsp3) is 0.556. The van der Waals surface area contributed by atoms with Gasteiger partial charge in [-0.25, -0.2) is 0 Å². The average Bonchev–Trinajstić information content (AvgIpc) is 3.06. The van der Waals surface area contributed by atoms with Crippen LogP contribution < -0.4 is 16.0 Å². The molecule has 29 heavy (non-hydrogen) atoms. The lowest BCUT2D eigenvalue weighted by Crippen LogP contribution is -2.48. The van der Waals surface area contributed by atoms with Crippen molar-refractivity contribution < 1.29 is 27.6 Å². The molecule has 2 fully saturated rings. The molecule has 1 aliphatic carbocycles. The molecular weight excluding hydrogens is 391 g/mol. The van der Waals surface area contributed by atoms with E-state index in [0.29, 0.717) is 6.42 Å². The lowest BCUT2D eigenvalue weighted by molar-refractivity contribution is -0.140. The maximum Gasteiger partial charge on any atom is 0.431 e. The minimum absolute atomic E-state index is 0.134. The molecule has 1 aliphatic heterocycles. The fourth-order valence-corrected chi connectivity index (χ4v) is 3.41. The number of hydrogen-bond donors (Lipinski definition) is 4. The van der Waals surface area contributed by atoms with Crippen molar-refractivity contribution in [2.45, 2.75) is 56.4 Å². The van der Waals surface area contributed by atoms with Gasteiger partial charge in [0.15, 0.2) is 0 Å². The minimum atomic E-state index is -4.62. The second-order valence-corrected chi connectivity index (χ2v) is 7.58. The van der Waals surface area contributed by atoms with Crippen molar-refractivity contribution in [2.75, 3.05) is 0 Å². The molecule has 0 unspecified atom stereocenters. The first-order chi connectivity index (χ1) is 13.5. The van der Waals surface area contributed by atoms with Crippen LogP contribution >= 0.6 is 0 Å². The molecule has 156 valence electrons. The highest BCUT2D eigenvalue weighted by molar-refractivity contribution is 5.96. The molecule has 3 amide bonds. The first-order valence-electron chi connectivity index (χ1n) is 9.12. The van der Waals surface area contributed by atoms with E-state index in [1.165, 1.54) is 6.92 Å².